The standard InChI is InChI=1S/C18H14N4O2/c1-12-2-3-13(8-19)4-6-15(12)16-10-21-22(18(16)24)17-7-5-14(11-23)9-20-17/h3-7,9-11,24H,2H2,1H3. The van der Waals surface area contributed by atoms with Gasteiger partial charge >= 0.3 is 0 Å². The number of nitriles is 1. The molecule has 0 fully saturated rings. The highest BCUT2D eigenvalue weighted by molar-refractivity contribution is 5.80. The molecule has 3 rings (SSSR count). The van der Waals surface area contributed by atoms with Crippen LogP contribution in [0.15, 0.2) is 53.9 Å². The molecule has 0 atom stereocenters. The quantitative estimate of drug-likeness (QED) is 0.878. The highest BCUT2D eigenvalue weighted by Crippen LogP contribution is 2.32. The van der Waals surface area contributed by atoms with Gasteiger partial charge in [-0.25, -0.2) is 4.98 Å². The molecule has 6 heteroatoms. The zero-order valence-corrected chi connectivity index (χ0v) is 13.0. The van der Waals surface area contributed by atoms with Gasteiger partial charge in [0.15, 0.2) is 12.1 Å². The van der Waals surface area contributed by atoms with Crippen molar-refractivity contribution in [2.75, 3.05) is 0 Å². The molecule has 0 unspecified atom stereocenters. The second kappa shape index (κ2) is 6.34. The molecule has 118 valence electrons. The Kier molecular flexibility index (Phi) is 4.08. The maximum Gasteiger partial charge on any atom is 0.223 e. The van der Waals surface area contributed by atoms with Gasteiger partial charge in [0.1, 0.15) is 0 Å². The fourth-order valence-electron chi connectivity index (χ4n) is 2.45. The third-order valence-corrected chi connectivity index (χ3v) is 3.80. The van der Waals surface area contributed by atoms with Gasteiger partial charge in [-0.1, -0.05) is 17.7 Å². The number of aromatic hydroxyl groups is 1. The van der Waals surface area contributed by atoms with E-state index in [2.05, 4.69) is 16.2 Å². The molecule has 2 aromatic heterocycles. The van der Waals surface area contributed by atoms with E-state index in [0.29, 0.717) is 35.2 Å². The first-order chi connectivity index (χ1) is 11.6. The molecular weight excluding hydrogens is 304 g/mol. The summed E-state index contributed by atoms with van der Waals surface area (Å²) in [5.41, 5.74) is 3.45. The van der Waals surface area contributed by atoms with Crippen molar-refractivity contribution in [1.82, 2.24) is 14.8 Å². The maximum absolute atomic E-state index is 10.7. The van der Waals surface area contributed by atoms with Crippen LogP contribution >= 0.6 is 0 Å². The number of nitrogens with zero attached hydrogens (tertiary/aromatic N) is 4. The Bertz CT molecular complexity index is 925. The van der Waals surface area contributed by atoms with Crippen LogP contribution in [0, 0.1) is 11.3 Å². The van der Waals surface area contributed by atoms with Gasteiger partial charge in [0.05, 0.1) is 17.8 Å². The summed E-state index contributed by atoms with van der Waals surface area (Å²) in [6, 6.07) is 5.34. The van der Waals surface area contributed by atoms with Crippen LogP contribution < -0.4 is 0 Å². The first-order valence-electron chi connectivity index (χ1n) is 7.31. The van der Waals surface area contributed by atoms with E-state index in [1.165, 1.54) is 10.9 Å². The van der Waals surface area contributed by atoms with Gasteiger partial charge in [-0.2, -0.15) is 15.0 Å². The number of aromatic nitrogens is 3. The molecule has 2 heterocycles. The van der Waals surface area contributed by atoms with E-state index in [9.17, 15) is 9.90 Å². The molecule has 0 aromatic carbocycles. The van der Waals surface area contributed by atoms with E-state index in [4.69, 9.17) is 5.26 Å². The summed E-state index contributed by atoms with van der Waals surface area (Å²) in [5, 5.41) is 23.7. The molecule has 1 aliphatic carbocycles. The molecule has 0 aliphatic heterocycles. The smallest absolute Gasteiger partial charge is 0.223 e. The Hall–Kier alpha value is -3.46. The Balaban J connectivity index is 2.01. The van der Waals surface area contributed by atoms with E-state index < -0.39 is 0 Å². The number of hydrogen-bond acceptors (Lipinski definition) is 5. The van der Waals surface area contributed by atoms with E-state index in [1.54, 1.807) is 30.5 Å². The van der Waals surface area contributed by atoms with Gasteiger partial charge in [0.25, 0.3) is 0 Å². The van der Waals surface area contributed by atoms with Crippen molar-refractivity contribution in [1.29, 1.82) is 5.26 Å². The molecule has 1 N–H and O–H groups in total. The third kappa shape index (κ3) is 2.75. The first-order valence-corrected chi connectivity index (χ1v) is 7.31. The molecule has 0 saturated carbocycles. The molecule has 0 radical (unpaired) electrons. The number of pyridine rings is 1. The predicted octanol–water partition coefficient (Wildman–Crippen LogP) is 2.97. The van der Waals surface area contributed by atoms with E-state index >= 15 is 0 Å². The minimum Gasteiger partial charge on any atom is -0.493 e. The summed E-state index contributed by atoms with van der Waals surface area (Å²) in [4.78, 5) is 14.8. The van der Waals surface area contributed by atoms with Crippen molar-refractivity contribution in [2.24, 2.45) is 0 Å². The van der Waals surface area contributed by atoms with Crippen LogP contribution in [-0.2, 0) is 0 Å². The summed E-state index contributed by atoms with van der Waals surface area (Å²) in [6.45, 7) is 1.95. The molecule has 24 heavy (non-hydrogen) atoms. The summed E-state index contributed by atoms with van der Waals surface area (Å²) >= 11 is 0. The Morgan fingerprint density at radius 3 is 2.83 bits per heavy atom. The number of carbonyl (C=O) groups is 1. The second-order valence-corrected chi connectivity index (χ2v) is 5.36. The molecule has 2 aromatic rings. The van der Waals surface area contributed by atoms with Crippen molar-refractivity contribution >= 4 is 11.9 Å². The first kappa shape index (κ1) is 15.4. The molecule has 0 spiro atoms. The Morgan fingerprint density at radius 1 is 1.33 bits per heavy atom. The van der Waals surface area contributed by atoms with Crippen molar-refractivity contribution in [3.05, 3.63) is 65.0 Å². The van der Waals surface area contributed by atoms with E-state index in [0.717, 1.165) is 11.1 Å². The Labute approximate surface area is 138 Å². The second-order valence-electron chi connectivity index (χ2n) is 5.36. The van der Waals surface area contributed by atoms with Gasteiger partial charge in [-0.3, -0.25) is 4.79 Å². The lowest BCUT2D eigenvalue weighted by molar-refractivity contribution is 0.112. The zero-order valence-electron chi connectivity index (χ0n) is 13.0. The highest BCUT2D eigenvalue weighted by Gasteiger charge is 2.17. The maximum atomic E-state index is 10.7. The average molecular weight is 318 g/mol. The number of allylic oxidation sites excluding steroid dienone is 6. The van der Waals surface area contributed by atoms with Crippen LogP contribution in [0.5, 0.6) is 5.88 Å². The molecule has 0 bridgehead atoms. The summed E-state index contributed by atoms with van der Waals surface area (Å²) < 4.78 is 1.31. The summed E-state index contributed by atoms with van der Waals surface area (Å²) in [6.07, 6.45) is 9.69. The molecule has 1 aliphatic rings. The molecular formula is C18H14N4O2. The van der Waals surface area contributed by atoms with Gasteiger partial charge in [-0.05, 0) is 37.1 Å². The lowest BCUT2D eigenvalue weighted by Gasteiger charge is -2.06. The fraction of sp³-hybridized carbons (Fsp3) is 0.111. The highest BCUT2D eigenvalue weighted by atomic mass is 16.3. The lowest BCUT2D eigenvalue weighted by atomic mass is 10.0. The third-order valence-electron chi connectivity index (χ3n) is 3.80. The predicted molar refractivity (Wildman–Crippen MR) is 88.5 cm³/mol. The zero-order chi connectivity index (χ0) is 17.1. The van der Waals surface area contributed by atoms with Gasteiger partial charge in [0.2, 0.25) is 5.88 Å². The average Bonchev–Trinajstić information content (AvgIpc) is 2.88. The topological polar surface area (TPSA) is 91.8 Å². The molecule has 0 amide bonds. The largest absolute Gasteiger partial charge is 0.493 e. The Morgan fingerprint density at radius 2 is 2.17 bits per heavy atom. The number of aldehydes is 1. The summed E-state index contributed by atoms with van der Waals surface area (Å²) in [7, 11) is 0. The molecule has 0 saturated heterocycles. The van der Waals surface area contributed by atoms with Gasteiger partial charge < -0.3 is 5.11 Å². The van der Waals surface area contributed by atoms with Crippen LogP contribution in [0.4, 0.5) is 0 Å². The number of rotatable bonds is 3. The van der Waals surface area contributed by atoms with Crippen molar-refractivity contribution < 1.29 is 9.90 Å². The minimum atomic E-state index is -0.0410. The fourth-order valence-corrected chi connectivity index (χ4v) is 2.45. The van der Waals surface area contributed by atoms with Crippen LogP contribution in [0.1, 0.15) is 29.3 Å². The van der Waals surface area contributed by atoms with Crippen molar-refractivity contribution in [2.45, 2.75) is 13.3 Å². The SMILES string of the molecule is CC1=C(c2cnn(-c3ccc(C=O)cn3)c2O)C=CC(C#N)=CC1. The monoisotopic (exact) mass is 318 g/mol. The van der Waals surface area contributed by atoms with E-state index in [1.807, 2.05) is 13.0 Å². The number of carbonyl (C=O) groups excluding carboxylic acids is 1. The van der Waals surface area contributed by atoms with Crippen LogP contribution in [-0.4, -0.2) is 26.2 Å². The van der Waals surface area contributed by atoms with Crippen molar-refractivity contribution in [3.8, 4) is 17.8 Å². The van der Waals surface area contributed by atoms with Crippen molar-refractivity contribution in [3.63, 3.8) is 0 Å². The van der Waals surface area contributed by atoms with Gasteiger partial charge in [0, 0.05) is 17.3 Å². The minimum absolute atomic E-state index is 0.0410. The van der Waals surface area contributed by atoms with E-state index in [-0.39, 0.29) is 5.88 Å². The lowest BCUT2D eigenvalue weighted by Crippen LogP contribution is -1.99. The summed E-state index contributed by atoms with van der Waals surface area (Å²) in [5.74, 6) is 0.372. The molecule has 6 nitrogen and oxygen atoms in total. The number of hydrogen-bond donors (Lipinski definition) is 1. The van der Waals surface area contributed by atoms with Crippen LogP contribution in [0.25, 0.3) is 11.4 Å². The normalized spacial score (nSPS) is 14.1. The van der Waals surface area contributed by atoms with Gasteiger partial charge in [-0.15, -0.1) is 0 Å². The van der Waals surface area contributed by atoms with Crippen LogP contribution in [0.3, 0.4) is 0 Å². The van der Waals surface area contributed by atoms with Crippen LogP contribution in [0.2, 0.25) is 0 Å².